The summed E-state index contributed by atoms with van der Waals surface area (Å²) in [6, 6.07) is 7.82. The lowest BCUT2D eigenvalue weighted by atomic mass is 10.1. The fourth-order valence-electron chi connectivity index (χ4n) is 2.15. The van der Waals surface area contributed by atoms with Crippen molar-refractivity contribution in [2.45, 2.75) is 13.3 Å². The summed E-state index contributed by atoms with van der Waals surface area (Å²) < 4.78 is 5.66. The number of fused-ring (bicyclic) bond motifs is 1. The van der Waals surface area contributed by atoms with Crippen molar-refractivity contribution in [3.05, 3.63) is 40.5 Å². The maximum absolute atomic E-state index is 11.5. The predicted molar refractivity (Wildman–Crippen MR) is 76.1 cm³/mol. The number of benzene rings is 1. The lowest BCUT2D eigenvalue weighted by Gasteiger charge is -2.09. The smallest absolute Gasteiger partial charge is 0.241 e. The van der Waals surface area contributed by atoms with E-state index in [0.29, 0.717) is 13.0 Å². The molecule has 0 atom stereocenters. The fourth-order valence-corrected chi connectivity index (χ4v) is 2.15. The van der Waals surface area contributed by atoms with Gasteiger partial charge in [-0.3, -0.25) is 9.80 Å². The van der Waals surface area contributed by atoms with E-state index in [9.17, 15) is 9.70 Å². The highest BCUT2D eigenvalue weighted by Crippen LogP contribution is 2.25. The number of amides is 1. The molecule has 1 aromatic heterocycles. The minimum Gasteiger partial charge on any atom is -0.461 e. The maximum Gasteiger partial charge on any atom is 0.241 e. The predicted octanol–water partition coefficient (Wildman–Crippen LogP) is 2.01. The van der Waals surface area contributed by atoms with Crippen LogP contribution in [-0.2, 0) is 11.2 Å². The Hall–Kier alpha value is -2.37. The number of nitrogens with one attached hydrogen (secondary N) is 1. The van der Waals surface area contributed by atoms with Crippen LogP contribution in [0.2, 0.25) is 0 Å². The molecular weight excluding hydrogens is 258 g/mol. The number of hydrogen-bond donors (Lipinski definition) is 1. The Balaban J connectivity index is 1.95. The quantitative estimate of drug-likeness (QED) is 0.646. The van der Waals surface area contributed by atoms with E-state index in [1.54, 1.807) is 0 Å². The van der Waals surface area contributed by atoms with E-state index in [4.69, 9.17) is 4.42 Å². The van der Waals surface area contributed by atoms with E-state index in [1.807, 2.05) is 31.2 Å². The summed E-state index contributed by atoms with van der Waals surface area (Å²) in [5.41, 5.74) is 1.96. The van der Waals surface area contributed by atoms with E-state index in [0.717, 1.165) is 27.3 Å². The van der Waals surface area contributed by atoms with Gasteiger partial charge >= 0.3 is 0 Å². The molecule has 0 aliphatic heterocycles. The van der Waals surface area contributed by atoms with E-state index in [1.165, 1.54) is 7.05 Å². The number of carbonyl (C=O) groups excluding carboxylic acids is 1. The molecule has 0 spiro atoms. The van der Waals surface area contributed by atoms with Crippen molar-refractivity contribution in [1.82, 2.24) is 10.3 Å². The van der Waals surface area contributed by atoms with Crippen molar-refractivity contribution in [3.8, 4) is 0 Å². The van der Waals surface area contributed by atoms with Crippen LogP contribution >= 0.6 is 0 Å². The van der Waals surface area contributed by atoms with Crippen LogP contribution < -0.4 is 5.32 Å². The summed E-state index contributed by atoms with van der Waals surface area (Å²) in [5.74, 6) is 0.643. The van der Waals surface area contributed by atoms with Gasteiger partial charge in [-0.25, -0.2) is 0 Å². The Labute approximate surface area is 116 Å². The standard InChI is InChI=1S/C14H17N3O3/c1-10-11(12-5-3-4-6-13(12)20-10)7-8-15-14(18)9-17(2)16-19/h3-6H,7-9H2,1-2H3,(H,15,18). The second-order valence-electron chi connectivity index (χ2n) is 4.63. The molecule has 6 nitrogen and oxygen atoms in total. The molecule has 0 fully saturated rings. The van der Waals surface area contributed by atoms with Gasteiger partial charge in [-0.1, -0.05) is 18.2 Å². The first-order valence-corrected chi connectivity index (χ1v) is 6.40. The van der Waals surface area contributed by atoms with Gasteiger partial charge in [0.15, 0.2) is 0 Å². The minimum absolute atomic E-state index is 0.0331. The van der Waals surface area contributed by atoms with Crippen LogP contribution in [0.4, 0.5) is 0 Å². The molecule has 0 unspecified atom stereocenters. The number of carbonyl (C=O) groups is 1. The third-order valence-corrected chi connectivity index (χ3v) is 3.11. The molecule has 1 heterocycles. The van der Waals surface area contributed by atoms with E-state index in [2.05, 4.69) is 10.6 Å². The van der Waals surface area contributed by atoms with Crippen molar-refractivity contribution in [3.63, 3.8) is 0 Å². The van der Waals surface area contributed by atoms with Crippen molar-refractivity contribution in [2.75, 3.05) is 20.1 Å². The average molecular weight is 275 g/mol. The molecule has 0 bridgehead atoms. The van der Waals surface area contributed by atoms with Gasteiger partial charge in [-0.05, 0) is 19.4 Å². The summed E-state index contributed by atoms with van der Waals surface area (Å²) in [7, 11) is 1.46. The van der Waals surface area contributed by atoms with Crippen molar-refractivity contribution in [1.29, 1.82) is 0 Å². The fraction of sp³-hybridized carbons (Fsp3) is 0.357. The maximum atomic E-state index is 11.5. The third kappa shape index (κ3) is 3.14. The van der Waals surface area contributed by atoms with Gasteiger partial charge in [0.1, 0.15) is 17.9 Å². The first-order chi connectivity index (χ1) is 9.61. The zero-order valence-corrected chi connectivity index (χ0v) is 11.5. The molecule has 0 saturated heterocycles. The molecule has 0 radical (unpaired) electrons. The van der Waals surface area contributed by atoms with Crippen LogP contribution in [0, 0.1) is 11.8 Å². The van der Waals surface area contributed by atoms with Crippen molar-refractivity contribution in [2.24, 2.45) is 5.29 Å². The number of likely N-dealkylation sites (N-methyl/N-ethyl adjacent to an activating group) is 1. The lowest BCUT2D eigenvalue weighted by molar-refractivity contribution is -0.121. The molecule has 0 aliphatic carbocycles. The zero-order chi connectivity index (χ0) is 14.5. The van der Waals surface area contributed by atoms with Crippen LogP contribution in [0.25, 0.3) is 11.0 Å². The van der Waals surface area contributed by atoms with Gasteiger partial charge in [0.2, 0.25) is 5.91 Å². The summed E-state index contributed by atoms with van der Waals surface area (Å²) in [5, 5.41) is 7.53. The Morgan fingerprint density at radius 3 is 2.90 bits per heavy atom. The van der Waals surface area contributed by atoms with Crippen LogP contribution in [0.15, 0.2) is 34.0 Å². The SMILES string of the molecule is Cc1oc2ccccc2c1CCNC(=O)CN(C)N=O. The van der Waals surface area contributed by atoms with Gasteiger partial charge in [-0.15, -0.1) is 4.91 Å². The number of nitrogens with zero attached hydrogens (tertiary/aromatic N) is 2. The molecule has 1 aromatic carbocycles. The highest BCUT2D eigenvalue weighted by atomic mass is 16.3. The number of rotatable bonds is 6. The highest BCUT2D eigenvalue weighted by molar-refractivity contribution is 5.82. The Kier molecular flexibility index (Phi) is 4.34. The summed E-state index contributed by atoms with van der Waals surface area (Å²) in [6.45, 7) is 2.38. The van der Waals surface area contributed by atoms with Gasteiger partial charge < -0.3 is 9.73 Å². The lowest BCUT2D eigenvalue weighted by Crippen LogP contribution is -2.33. The third-order valence-electron chi connectivity index (χ3n) is 3.11. The first kappa shape index (κ1) is 14.0. The van der Waals surface area contributed by atoms with E-state index in [-0.39, 0.29) is 12.5 Å². The summed E-state index contributed by atoms with van der Waals surface area (Å²) >= 11 is 0. The van der Waals surface area contributed by atoms with Gasteiger partial charge in [0.05, 0.1) is 5.29 Å². The molecule has 2 rings (SSSR count). The highest BCUT2D eigenvalue weighted by Gasteiger charge is 2.11. The Morgan fingerprint density at radius 1 is 1.40 bits per heavy atom. The minimum atomic E-state index is -0.224. The average Bonchev–Trinajstić information content (AvgIpc) is 2.75. The van der Waals surface area contributed by atoms with Crippen LogP contribution in [-0.4, -0.2) is 31.1 Å². The van der Waals surface area contributed by atoms with Gasteiger partial charge in [0.25, 0.3) is 0 Å². The molecule has 2 aromatic rings. The van der Waals surface area contributed by atoms with Crippen molar-refractivity contribution < 1.29 is 9.21 Å². The molecule has 0 aliphatic rings. The summed E-state index contributed by atoms with van der Waals surface area (Å²) in [4.78, 5) is 21.7. The summed E-state index contributed by atoms with van der Waals surface area (Å²) in [6.07, 6.45) is 0.687. The molecule has 1 N–H and O–H groups in total. The van der Waals surface area contributed by atoms with Crippen molar-refractivity contribution >= 4 is 16.9 Å². The normalized spacial score (nSPS) is 10.5. The largest absolute Gasteiger partial charge is 0.461 e. The molecule has 106 valence electrons. The number of hydrogen-bond acceptors (Lipinski definition) is 4. The molecule has 1 amide bonds. The van der Waals surface area contributed by atoms with Crippen LogP contribution in [0.5, 0.6) is 0 Å². The number of aryl methyl sites for hydroxylation is 1. The second-order valence-corrected chi connectivity index (χ2v) is 4.63. The van der Waals surface area contributed by atoms with Gasteiger partial charge in [0, 0.05) is 24.5 Å². The monoisotopic (exact) mass is 275 g/mol. The van der Waals surface area contributed by atoms with E-state index >= 15 is 0 Å². The molecule has 6 heteroatoms. The molecule has 0 saturated carbocycles. The van der Waals surface area contributed by atoms with E-state index < -0.39 is 0 Å². The van der Waals surface area contributed by atoms with Crippen LogP contribution in [0.1, 0.15) is 11.3 Å². The number of furan rings is 1. The second kappa shape index (κ2) is 6.18. The van der Waals surface area contributed by atoms with Gasteiger partial charge in [-0.2, -0.15) is 0 Å². The molecule has 20 heavy (non-hydrogen) atoms. The molecular formula is C14H17N3O3. The Morgan fingerprint density at radius 2 is 2.15 bits per heavy atom. The van der Waals surface area contributed by atoms with Crippen LogP contribution in [0.3, 0.4) is 0 Å². The first-order valence-electron chi connectivity index (χ1n) is 6.40. The number of para-hydroxylation sites is 1. The Bertz CT molecular complexity index is 621. The topological polar surface area (TPSA) is 74.9 Å². The zero-order valence-electron chi connectivity index (χ0n) is 11.5. The number of nitroso groups, excluding NO2 is 1.